The summed E-state index contributed by atoms with van der Waals surface area (Å²) in [5.41, 5.74) is 5.05. The van der Waals surface area contributed by atoms with Crippen molar-refractivity contribution in [2.75, 3.05) is 21.3 Å². The number of nitrogens with zero attached hydrogens (tertiary/aromatic N) is 4. The molecule has 0 aliphatic carbocycles. The van der Waals surface area contributed by atoms with Gasteiger partial charge in [0.1, 0.15) is 0 Å². The molecule has 4 unspecified atom stereocenters. The molecule has 5 aromatic rings. The van der Waals surface area contributed by atoms with Gasteiger partial charge in [0.2, 0.25) is 12.1 Å². The average molecular weight is 973 g/mol. The molecule has 4 N–H and O–H groups in total. The highest BCUT2D eigenvalue weighted by Gasteiger charge is 2.27. The molecule has 342 valence electrons. The SMILES string of the molecule is CCc1cc(NC(=O)C(N=Nc2ccc(Cl)c(C(=O)Nc3cccc(C(C)Cl)c3)c2)C(C)=O)c(CC)cc1NC(=O)C(N=Nc1ccc(Cl)c(C(=O)Nc2cccc(C(C)Cl)c2)c1)C(C)=O. The minimum Gasteiger partial charge on any atom is -0.323 e. The number of amides is 4. The van der Waals surface area contributed by atoms with Crippen molar-refractivity contribution in [1.82, 2.24) is 0 Å². The summed E-state index contributed by atoms with van der Waals surface area (Å²) in [5, 5.41) is 27.2. The Labute approximate surface area is 402 Å². The smallest absolute Gasteiger partial charge is 0.258 e. The number of azo groups is 2. The van der Waals surface area contributed by atoms with Gasteiger partial charge in [0, 0.05) is 22.7 Å². The number of benzene rings is 5. The van der Waals surface area contributed by atoms with Gasteiger partial charge in [0.15, 0.2) is 11.6 Å². The lowest BCUT2D eigenvalue weighted by Crippen LogP contribution is -2.33. The predicted octanol–water partition coefficient (Wildman–Crippen LogP) is 12.6. The summed E-state index contributed by atoms with van der Waals surface area (Å²) in [5.74, 6) is -3.77. The van der Waals surface area contributed by atoms with E-state index >= 15 is 0 Å². The van der Waals surface area contributed by atoms with Gasteiger partial charge >= 0.3 is 0 Å². The van der Waals surface area contributed by atoms with Gasteiger partial charge < -0.3 is 21.3 Å². The monoisotopic (exact) mass is 970 g/mol. The molecule has 66 heavy (non-hydrogen) atoms. The summed E-state index contributed by atoms with van der Waals surface area (Å²) in [7, 11) is 0. The van der Waals surface area contributed by atoms with Gasteiger partial charge in [-0.2, -0.15) is 20.5 Å². The van der Waals surface area contributed by atoms with Crippen molar-refractivity contribution in [1.29, 1.82) is 0 Å². The summed E-state index contributed by atoms with van der Waals surface area (Å²) in [4.78, 5) is 79.1. The molecule has 0 saturated heterocycles. The van der Waals surface area contributed by atoms with E-state index < -0.39 is 47.3 Å². The van der Waals surface area contributed by atoms with Crippen LogP contribution in [0.15, 0.2) is 118 Å². The van der Waals surface area contributed by atoms with Gasteiger partial charge in [-0.3, -0.25) is 28.8 Å². The van der Waals surface area contributed by atoms with Gasteiger partial charge in [0.05, 0.1) is 43.3 Å². The number of halogens is 4. The second-order valence-electron chi connectivity index (χ2n) is 15.0. The van der Waals surface area contributed by atoms with E-state index in [4.69, 9.17) is 46.4 Å². The van der Waals surface area contributed by atoms with E-state index in [0.29, 0.717) is 46.7 Å². The minimum atomic E-state index is -1.56. The lowest BCUT2D eigenvalue weighted by atomic mass is 10.0. The molecule has 0 bridgehead atoms. The molecule has 18 heteroatoms. The van der Waals surface area contributed by atoms with Gasteiger partial charge in [-0.15, -0.1) is 23.2 Å². The predicted molar refractivity (Wildman–Crippen MR) is 261 cm³/mol. The van der Waals surface area contributed by atoms with Crippen LogP contribution in [0.1, 0.15) is 95.3 Å². The highest BCUT2D eigenvalue weighted by Crippen LogP contribution is 2.31. The fraction of sp³-hybridized carbons (Fsp3) is 0.250. The van der Waals surface area contributed by atoms with Crippen molar-refractivity contribution >= 4 is 116 Å². The summed E-state index contributed by atoms with van der Waals surface area (Å²) in [6.45, 7) is 9.69. The van der Waals surface area contributed by atoms with Crippen LogP contribution >= 0.6 is 46.4 Å². The summed E-state index contributed by atoms with van der Waals surface area (Å²) < 4.78 is 0. The van der Waals surface area contributed by atoms with E-state index in [0.717, 1.165) is 11.1 Å². The van der Waals surface area contributed by atoms with Crippen LogP contribution in [0.5, 0.6) is 0 Å². The maximum Gasteiger partial charge on any atom is 0.258 e. The summed E-state index contributed by atoms with van der Waals surface area (Å²) >= 11 is 25.1. The maximum atomic E-state index is 13.6. The molecule has 14 nitrogen and oxygen atoms in total. The first kappa shape index (κ1) is 50.7. The highest BCUT2D eigenvalue weighted by atomic mass is 35.5. The van der Waals surface area contributed by atoms with E-state index in [1.807, 2.05) is 39.8 Å². The van der Waals surface area contributed by atoms with Crippen molar-refractivity contribution in [2.45, 2.75) is 77.2 Å². The van der Waals surface area contributed by atoms with Crippen LogP contribution in [0.2, 0.25) is 10.0 Å². The zero-order chi connectivity index (χ0) is 48.2. The molecule has 5 aromatic carbocycles. The van der Waals surface area contributed by atoms with Crippen LogP contribution < -0.4 is 21.3 Å². The maximum absolute atomic E-state index is 13.6. The molecule has 0 aromatic heterocycles. The second kappa shape index (κ2) is 23.2. The molecule has 4 amide bonds. The number of carbonyl (C=O) groups is 6. The average Bonchev–Trinajstić information content (AvgIpc) is 3.27. The topological polar surface area (TPSA) is 200 Å². The fourth-order valence-corrected chi connectivity index (χ4v) is 7.10. The van der Waals surface area contributed by atoms with Crippen LogP contribution in [-0.2, 0) is 32.0 Å². The number of hydrogen-bond acceptors (Lipinski definition) is 10. The molecule has 5 rings (SSSR count). The van der Waals surface area contributed by atoms with E-state index in [1.165, 1.54) is 50.2 Å². The Morgan fingerprint density at radius 1 is 0.530 bits per heavy atom. The van der Waals surface area contributed by atoms with E-state index in [2.05, 4.69) is 41.7 Å². The number of carbonyl (C=O) groups excluding carboxylic acids is 6. The zero-order valence-electron chi connectivity index (χ0n) is 36.7. The number of hydrogen-bond donors (Lipinski definition) is 4. The number of rotatable bonds is 18. The largest absolute Gasteiger partial charge is 0.323 e. The van der Waals surface area contributed by atoms with Crippen molar-refractivity contribution in [3.63, 3.8) is 0 Å². The first-order valence-corrected chi connectivity index (χ1v) is 22.3. The third-order valence-corrected chi connectivity index (χ3v) is 11.2. The molecule has 0 spiro atoms. The quantitative estimate of drug-likeness (QED) is 0.0382. The Balaban J connectivity index is 1.30. The number of ketones is 2. The first-order valence-electron chi connectivity index (χ1n) is 20.7. The summed E-state index contributed by atoms with van der Waals surface area (Å²) in [6.07, 6.45) is 0.776. The fourth-order valence-electron chi connectivity index (χ4n) is 6.42. The molecule has 0 radical (unpaired) electrons. The van der Waals surface area contributed by atoms with Crippen molar-refractivity contribution in [3.05, 3.63) is 140 Å². The van der Waals surface area contributed by atoms with E-state index in [1.54, 1.807) is 48.5 Å². The second-order valence-corrected chi connectivity index (χ2v) is 17.2. The van der Waals surface area contributed by atoms with Gasteiger partial charge in [0.25, 0.3) is 23.6 Å². The van der Waals surface area contributed by atoms with Crippen LogP contribution in [-0.4, -0.2) is 47.3 Å². The lowest BCUT2D eigenvalue weighted by Gasteiger charge is -2.18. The van der Waals surface area contributed by atoms with Crippen molar-refractivity contribution in [3.8, 4) is 0 Å². The van der Waals surface area contributed by atoms with Crippen LogP contribution in [0.3, 0.4) is 0 Å². The number of nitrogens with one attached hydrogen (secondary N) is 4. The molecule has 0 heterocycles. The van der Waals surface area contributed by atoms with Gasteiger partial charge in [-0.05, 0) is 136 Å². The zero-order valence-corrected chi connectivity index (χ0v) is 39.7. The van der Waals surface area contributed by atoms with E-state index in [9.17, 15) is 28.8 Å². The molecule has 0 fully saturated rings. The Morgan fingerprint density at radius 3 is 1.24 bits per heavy atom. The molecule has 0 aliphatic rings. The molecular weight excluding hydrogens is 926 g/mol. The third-order valence-electron chi connectivity index (χ3n) is 10.0. The Kier molecular flexibility index (Phi) is 17.8. The Hall–Kier alpha value is -6.32. The standard InChI is InChI=1S/C48H46Cl4N8O6/c1-7-29-21-42(56-48(66)44(28(6)62)60-58-36-16-18-40(52)38(24-36)46(64)54-34-14-10-12-32(20-34)26(4)50)30(8-2)22-41(29)55-47(65)43(27(5)61)59-57-35-15-17-39(51)37(23-35)45(63)53-33-13-9-11-31(19-33)25(3)49/h9-26,43-44H,7-8H2,1-6H3,(H,53,63)(H,54,64)(H,55,65)(H,56,66). The number of alkyl halides is 2. The van der Waals surface area contributed by atoms with Crippen LogP contribution in [0.25, 0.3) is 0 Å². The Bertz CT molecular complexity index is 2560. The number of Topliss-reactive ketones (excluding diaryl/α,β-unsaturated/α-hetero) is 2. The van der Waals surface area contributed by atoms with E-state index in [-0.39, 0.29) is 43.3 Å². The van der Waals surface area contributed by atoms with Gasteiger partial charge in [-0.25, -0.2) is 0 Å². The highest BCUT2D eigenvalue weighted by molar-refractivity contribution is 6.35. The lowest BCUT2D eigenvalue weighted by molar-refractivity contribution is -0.127. The molecule has 0 saturated carbocycles. The van der Waals surface area contributed by atoms with Crippen LogP contribution in [0, 0.1) is 0 Å². The molecule has 4 atom stereocenters. The summed E-state index contributed by atoms with van der Waals surface area (Å²) in [6, 6.07) is 23.0. The molecular formula is C48H46Cl4N8O6. The molecule has 0 aliphatic heterocycles. The normalized spacial score (nSPS) is 13.1. The van der Waals surface area contributed by atoms with Crippen molar-refractivity contribution < 1.29 is 28.8 Å². The number of aryl methyl sites for hydroxylation is 2. The van der Waals surface area contributed by atoms with Crippen LogP contribution in [0.4, 0.5) is 34.1 Å². The minimum absolute atomic E-state index is 0.0866. The third kappa shape index (κ3) is 13.4. The first-order chi connectivity index (χ1) is 31.4. The Morgan fingerprint density at radius 2 is 0.909 bits per heavy atom. The van der Waals surface area contributed by atoms with Crippen molar-refractivity contribution in [2.24, 2.45) is 20.5 Å². The van der Waals surface area contributed by atoms with Gasteiger partial charge in [-0.1, -0.05) is 61.3 Å². The number of anilines is 4.